The lowest BCUT2D eigenvalue weighted by molar-refractivity contribution is -0.274. The van der Waals surface area contributed by atoms with E-state index in [4.69, 9.17) is 0 Å². The van der Waals surface area contributed by atoms with Crippen molar-refractivity contribution in [3.63, 3.8) is 0 Å². The Morgan fingerprint density at radius 2 is 1.60 bits per heavy atom. The maximum Gasteiger partial charge on any atom is 0.573 e. The van der Waals surface area contributed by atoms with Crippen LogP contribution in [0.2, 0.25) is 0 Å². The highest BCUT2D eigenvalue weighted by Crippen LogP contribution is 2.32. The second kappa shape index (κ2) is 7.64. The van der Waals surface area contributed by atoms with Gasteiger partial charge in [-0.15, -0.1) is 13.2 Å². The summed E-state index contributed by atoms with van der Waals surface area (Å²) in [6.45, 7) is 1.70. The predicted molar refractivity (Wildman–Crippen MR) is 94.6 cm³/mol. The van der Waals surface area contributed by atoms with Crippen molar-refractivity contribution in [3.8, 4) is 5.75 Å². The summed E-state index contributed by atoms with van der Waals surface area (Å²) in [5.41, 5.74) is 2.72. The van der Waals surface area contributed by atoms with Gasteiger partial charge in [0.2, 0.25) is 0 Å². The van der Waals surface area contributed by atoms with Crippen molar-refractivity contribution >= 4 is 17.8 Å². The van der Waals surface area contributed by atoms with Gasteiger partial charge in [0.1, 0.15) is 5.75 Å². The van der Waals surface area contributed by atoms with E-state index in [0.29, 0.717) is 0 Å². The molecule has 0 bridgehead atoms. The third kappa shape index (κ3) is 5.02. The molecular weight excluding hydrogens is 327 g/mol. The van der Waals surface area contributed by atoms with Crippen molar-refractivity contribution in [1.82, 2.24) is 0 Å². The molecule has 0 amide bonds. The van der Waals surface area contributed by atoms with Crippen LogP contribution < -0.4 is 9.64 Å². The van der Waals surface area contributed by atoms with Gasteiger partial charge in [-0.2, -0.15) is 0 Å². The Morgan fingerprint density at radius 3 is 2.28 bits per heavy atom. The average molecular weight is 347 g/mol. The number of rotatable bonds is 4. The summed E-state index contributed by atoms with van der Waals surface area (Å²) >= 11 is 0. The van der Waals surface area contributed by atoms with Crippen LogP contribution >= 0.6 is 0 Å². The summed E-state index contributed by atoms with van der Waals surface area (Å²) in [6, 6.07) is 14.4. The van der Waals surface area contributed by atoms with Gasteiger partial charge in [0.05, 0.1) is 0 Å². The Hall–Kier alpha value is -2.43. The molecule has 132 valence electrons. The topological polar surface area (TPSA) is 12.5 Å². The smallest absolute Gasteiger partial charge is 0.406 e. The molecule has 0 N–H and O–H groups in total. The number of alkyl halides is 3. The molecule has 3 rings (SSSR count). The van der Waals surface area contributed by atoms with Crippen LogP contribution in [0.4, 0.5) is 18.9 Å². The molecule has 0 saturated carbocycles. The van der Waals surface area contributed by atoms with Crippen LogP contribution in [0.5, 0.6) is 5.75 Å². The summed E-state index contributed by atoms with van der Waals surface area (Å²) < 4.78 is 41.7. The normalized spacial score (nSPS) is 15.6. The number of halogens is 3. The van der Waals surface area contributed by atoms with Gasteiger partial charge in [0, 0.05) is 24.8 Å². The van der Waals surface area contributed by atoms with Crippen LogP contribution in [0.15, 0.2) is 48.5 Å². The zero-order valence-corrected chi connectivity index (χ0v) is 13.8. The van der Waals surface area contributed by atoms with E-state index < -0.39 is 6.36 Å². The Morgan fingerprint density at radius 1 is 0.880 bits per heavy atom. The molecule has 1 fully saturated rings. The minimum Gasteiger partial charge on any atom is -0.406 e. The van der Waals surface area contributed by atoms with E-state index >= 15 is 0 Å². The molecule has 5 heteroatoms. The van der Waals surface area contributed by atoms with Gasteiger partial charge in [-0.05, 0) is 42.5 Å². The van der Waals surface area contributed by atoms with E-state index in [1.807, 2.05) is 42.5 Å². The predicted octanol–water partition coefficient (Wildman–Crippen LogP) is 5.75. The molecule has 25 heavy (non-hydrogen) atoms. The molecule has 1 aliphatic heterocycles. The molecular formula is C20H20F3NO. The molecule has 0 unspecified atom stereocenters. The highest BCUT2D eigenvalue weighted by molar-refractivity contribution is 5.78. The summed E-state index contributed by atoms with van der Waals surface area (Å²) in [4.78, 5) is 2.14. The highest BCUT2D eigenvalue weighted by Gasteiger charge is 2.31. The molecule has 0 aliphatic carbocycles. The van der Waals surface area contributed by atoms with E-state index in [1.165, 1.54) is 12.1 Å². The van der Waals surface area contributed by atoms with Crippen molar-refractivity contribution in [1.29, 1.82) is 0 Å². The molecule has 2 aromatic carbocycles. The summed E-state index contributed by atoms with van der Waals surface area (Å²) in [5, 5.41) is 0. The molecule has 0 spiro atoms. The minimum atomic E-state index is -4.68. The zero-order valence-electron chi connectivity index (χ0n) is 13.8. The average Bonchev–Trinajstić information content (AvgIpc) is 2.61. The number of nitrogens with zero attached hydrogens (tertiary/aromatic N) is 1. The largest absolute Gasteiger partial charge is 0.573 e. The number of hydrogen-bond donors (Lipinski definition) is 0. The lowest BCUT2D eigenvalue weighted by Gasteiger charge is -2.30. The molecule has 0 radical (unpaired) electrons. The van der Waals surface area contributed by atoms with E-state index in [2.05, 4.69) is 9.64 Å². The minimum absolute atomic E-state index is 0.176. The molecule has 0 atom stereocenters. The summed E-state index contributed by atoms with van der Waals surface area (Å²) in [5.74, 6) is -0.176. The lowest BCUT2D eigenvalue weighted by atomic mass is 10.1. The van der Waals surface area contributed by atoms with E-state index in [0.717, 1.165) is 49.2 Å². The first-order chi connectivity index (χ1) is 12.0. The van der Waals surface area contributed by atoms with Crippen LogP contribution in [0.25, 0.3) is 12.2 Å². The van der Waals surface area contributed by atoms with Crippen molar-refractivity contribution in [2.45, 2.75) is 25.6 Å². The first-order valence-corrected chi connectivity index (χ1v) is 8.39. The summed E-state index contributed by atoms with van der Waals surface area (Å²) in [6.07, 6.45) is 2.48. The van der Waals surface area contributed by atoms with Crippen molar-refractivity contribution in [2.75, 3.05) is 18.0 Å². The Bertz CT molecular complexity index is 719. The molecule has 1 heterocycles. The van der Waals surface area contributed by atoms with Gasteiger partial charge < -0.3 is 9.64 Å². The first kappa shape index (κ1) is 17.4. The number of piperidine rings is 1. The SMILES string of the molecule is FC(F)(F)Oc1ccc(/C=C/c2ccccc2)c(N2CCCCC2)c1. The fraction of sp³-hybridized carbons (Fsp3) is 0.300. The molecule has 1 saturated heterocycles. The van der Waals surface area contributed by atoms with Crippen LogP contribution in [0, 0.1) is 0 Å². The van der Waals surface area contributed by atoms with E-state index in [9.17, 15) is 13.2 Å². The number of hydrogen-bond acceptors (Lipinski definition) is 2. The third-order valence-electron chi connectivity index (χ3n) is 4.19. The molecule has 2 aromatic rings. The lowest BCUT2D eigenvalue weighted by Crippen LogP contribution is -2.30. The second-order valence-electron chi connectivity index (χ2n) is 6.06. The van der Waals surface area contributed by atoms with Crippen molar-refractivity contribution in [2.24, 2.45) is 0 Å². The molecule has 0 aromatic heterocycles. The maximum absolute atomic E-state index is 12.5. The fourth-order valence-corrected chi connectivity index (χ4v) is 3.02. The third-order valence-corrected chi connectivity index (χ3v) is 4.19. The van der Waals surface area contributed by atoms with Gasteiger partial charge in [0.15, 0.2) is 0 Å². The Labute approximate surface area is 145 Å². The first-order valence-electron chi connectivity index (χ1n) is 8.39. The summed E-state index contributed by atoms with van der Waals surface area (Å²) in [7, 11) is 0. The van der Waals surface area contributed by atoms with Gasteiger partial charge in [-0.3, -0.25) is 0 Å². The number of benzene rings is 2. The number of anilines is 1. The quantitative estimate of drug-likeness (QED) is 0.653. The monoisotopic (exact) mass is 347 g/mol. The maximum atomic E-state index is 12.5. The Balaban J connectivity index is 1.91. The van der Waals surface area contributed by atoms with E-state index in [-0.39, 0.29) is 5.75 Å². The molecule has 1 aliphatic rings. The van der Waals surface area contributed by atoms with Crippen LogP contribution in [-0.2, 0) is 0 Å². The van der Waals surface area contributed by atoms with Gasteiger partial charge in [-0.1, -0.05) is 42.5 Å². The van der Waals surface area contributed by atoms with Gasteiger partial charge in [-0.25, -0.2) is 0 Å². The Kier molecular flexibility index (Phi) is 5.31. The number of ether oxygens (including phenoxy) is 1. The van der Waals surface area contributed by atoms with Crippen molar-refractivity contribution in [3.05, 3.63) is 59.7 Å². The van der Waals surface area contributed by atoms with Crippen LogP contribution in [0.1, 0.15) is 30.4 Å². The van der Waals surface area contributed by atoms with Gasteiger partial charge >= 0.3 is 6.36 Å². The van der Waals surface area contributed by atoms with Crippen molar-refractivity contribution < 1.29 is 17.9 Å². The fourth-order valence-electron chi connectivity index (χ4n) is 3.02. The van der Waals surface area contributed by atoms with Crippen LogP contribution in [-0.4, -0.2) is 19.5 Å². The second-order valence-corrected chi connectivity index (χ2v) is 6.06. The highest BCUT2D eigenvalue weighted by atomic mass is 19.4. The van der Waals surface area contributed by atoms with E-state index in [1.54, 1.807) is 6.07 Å². The van der Waals surface area contributed by atoms with Gasteiger partial charge in [0.25, 0.3) is 0 Å². The standard InChI is InChI=1S/C20H20F3NO/c21-20(22,23)25-18-12-11-17(10-9-16-7-3-1-4-8-16)19(15-18)24-13-5-2-6-14-24/h1,3-4,7-12,15H,2,5-6,13-14H2/b10-9+. The van der Waals surface area contributed by atoms with Crippen LogP contribution in [0.3, 0.4) is 0 Å². The molecule has 2 nitrogen and oxygen atoms in total. The zero-order chi connectivity index (χ0) is 17.7.